The summed E-state index contributed by atoms with van der Waals surface area (Å²) in [5.74, 6) is -1.56. The van der Waals surface area contributed by atoms with Gasteiger partial charge in [0.25, 0.3) is 0 Å². The third-order valence-electron chi connectivity index (χ3n) is 6.08. The number of likely N-dealkylation sites (N-methyl/N-ethyl adjacent to an activating group) is 2. The summed E-state index contributed by atoms with van der Waals surface area (Å²) in [5, 5.41) is 15.4. The summed E-state index contributed by atoms with van der Waals surface area (Å²) >= 11 is 0. The van der Waals surface area contributed by atoms with Gasteiger partial charge in [-0.1, -0.05) is 71.0 Å². The summed E-state index contributed by atoms with van der Waals surface area (Å²) in [6, 6.07) is 8.50. The summed E-state index contributed by atoms with van der Waals surface area (Å²) in [5.41, 5.74) is -0.291. The highest BCUT2D eigenvalue weighted by Crippen LogP contribution is 2.25. The van der Waals surface area contributed by atoms with E-state index in [0.717, 1.165) is 5.56 Å². The Kier molecular flexibility index (Phi) is 9.85. The van der Waals surface area contributed by atoms with E-state index in [9.17, 15) is 19.5 Å². The SMILES string of the molecule is CNC(C)(Cc1ccccc1)C(=O)N[C@H](C(=O)N(C)[C@H](/C=C(\C)C(=O)O)C(C)C)C(C)(C)C. The lowest BCUT2D eigenvalue weighted by Crippen LogP contribution is -2.63. The molecule has 7 nitrogen and oxygen atoms in total. The molecule has 184 valence electrons. The van der Waals surface area contributed by atoms with Crippen molar-refractivity contribution < 1.29 is 19.5 Å². The predicted octanol–water partition coefficient (Wildman–Crippen LogP) is 3.25. The van der Waals surface area contributed by atoms with Crippen LogP contribution in [0.2, 0.25) is 0 Å². The van der Waals surface area contributed by atoms with Crippen LogP contribution in [-0.4, -0.2) is 59.5 Å². The van der Waals surface area contributed by atoms with Crippen molar-refractivity contribution in [2.24, 2.45) is 11.3 Å². The van der Waals surface area contributed by atoms with Crippen LogP contribution in [0, 0.1) is 11.3 Å². The number of carbonyl (C=O) groups excluding carboxylic acids is 2. The molecule has 1 aromatic carbocycles. The molecule has 1 aromatic rings. The van der Waals surface area contributed by atoms with Crippen LogP contribution in [0.15, 0.2) is 42.0 Å². The Balaban J connectivity index is 3.23. The van der Waals surface area contributed by atoms with Crippen LogP contribution in [0.25, 0.3) is 0 Å². The van der Waals surface area contributed by atoms with Crippen LogP contribution < -0.4 is 10.6 Å². The number of carbonyl (C=O) groups is 3. The Bertz CT molecular complexity index is 858. The second kappa shape index (κ2) is 11.5. The predicted molar refractivity (Wildman–Crippen MR) is 132 cm³/mol. The molecule has 1 unspecified atom stereocenters. The first kappa shape index (κ1) is 28.4. The molecule has 0 aliphatic carbocycles. The molecule has 0 fully saturated rings. The average molecular weight is 460 g/mol. The Morgan fingerprint density at radius 1 is 1.09 bits per heavy atom. The minimum Gasteiger partial charge on any atom is -0.478 e. The van der Waals surface area contributed by atoms with E-state index in [1.165, 1.54) is 6.92 Å². The van der Waals surface area contributed by atoms with Crippen molar-refractivity contribution in [3.8, 4) is 0 Å². The summed E-state index contributed by atoms with van der Waals surface area (Å²) in [6.07, 6.45) is 2.06. The molecule has 33 heavy (non-hydrogen) atoms. The zero-order valence-electron chi connectivity index (χ0n) is 21.5. The van der Waals surface area contributed by atoms with Gasteiger partial charge in [-0.2, -0.15) is 0 Å². The Hall–Kier alpha value is -2.67. The molecule has 0 saturated carbocycles. The highest BCUT2D eigenvalue weighted by atomic mass is 16.4. The van der Waals surface area contributed by atoms with Gasteiger partial charge in [-0.05, 0) is 44.2 Å². The molecular formula is C26H41N3O4. The summed E-state index contributed by atoms with van der Waals surface area (Å²) in [6.45, 7) is 12.9. The van der Waals surface area contributed by atoms with Crippen LogP contribution >= 0.6 is 0 Å². The Labute approximate surface area is 198 Å². The van der Waals surface area contributed by atoms with E-state index < -0.39 is 29.0 Å². The van der Waals surface area contributed by atoms with Gasteiger partial charge in [-0.3, -0.25) is 9.59 Å². The lowest BCUT2D eigenvalue weighted by Gasteiger charge is -2.39. The van der Waals surface area contributed by atoms with Crippen molar-refractivity contribution >= 4 is 17.8 Å². The molecule has 7 heteroatoms. The number of benzene rings is 1. The normalized spacial score (nSPS) is 16.0. The van der Waals surface area contributed by atoms with Gasteiger partial charge < -0.3 is 20.6 Å². The molecular weight excluding hydrogens is 418 g/mol. The zero-order valence-corrected chi connectivity index (χ0v) is 21.5. The largest absolute Gasteiger partial charge is 0.478 e. The highest BCUT2D eigenvalue weighted by Gasteiger charge is 2.41. The minimum absolute atomic E-state index is 0.00905. The lowest BCUT2D eigenvalue weighted by atomic mass is 9.83. The van der Waals surface area contributed by atoms with Gasteiger partial charge in [-0.25, -0.2) is 4.79 Å². The van der Waals surface area contributed by atoms with E-state index in [1.54, 1.807) is 25.1 Å². The second-order valence-electron chi connectivity index (χ2n) is 10.4. The van der Waals surface area contributed by atoms with E-state index in [-0.39, 0.29) is 23.3 Å². The van der Waals surface area contributed by atoms with Crippen LogP contribution in [0.3, 0.4) is 0 Å². The van der Waals surface area contributed by atoms with Gasteiger partial charge in [0.15, 0.2) is 0 Å². The van der Waals surface area contributed by atoms with E-state index in [1.807, 2.05) is 71.9 Å². The third kappa shape index (κ3) is 7.70. The van der Waals surface area contributed by atoms with Gasteiger partial charge in [-0.15, -0.1) is 0 Å². The zero-order chi connectivity index (χ0) is 25.6. The highest BCUT2D eigenvalue weighted by molar-refractivity contribution is 5.93. The number of nitrogens with zero attached hydrogens (tertiary/aromatic N) is 1. The molecule has 0 aliphatic rings. The van der Waals surface area contributed by atoms with Crippen LogP contribution in [0.1, 0.15) is 54.0 Å². The number of nitrogens with one attached hydrogen (secondary N) is 2. The standard InChI is InChI=1S/C26H41N3O4/c1-17(2)20(15-18(3)23(31)32)29(9)22(30)21(25(4,5)6)28-24(33)26(7,27-8)16-19-13-11-10-12-14-19/h10-15,17,20-21,27H,16H2,1-9H3,(H,28,33)(H,31,32)/b18-15+/t20-,21-,26?/m1/s1. The van der Waals surface area contributed by atoms with Gasteiger partial charge in [0, 0.05) is 12.6 Å². The van der Waals surface area contributed by atoms with Crippen molar-refractivity contribution in [3.63, 3.8) is 0 Å². The number of amides is 2. The fraction of sp³-hybridized carbons (Fsp3) is 0.577. The summed E-state index contributed by atoms with van der Waals surface area (Å²) < 4.78 is 0. The first-order chi connectivity index (χ1) is 15.1. The molecule has 0 bridgehead atoms. The summed E-state index contributed by atoms with van der Waals surface area (Å²) in [4.78, 5) is 39.9. The molecule has 0 aliphatic heterocycles. The van der Waals surface area contributed by atoms with Crippen LogP contribution in [0.4, 0.5) is 0 Å². The van der Waals surface area contributed by atoms with Gasteiger partial charge in [0.2, 0.25) is 11.8 Å². The number of aliphatic carboxylic acids is 1. The maximum absolute atomic E-state index is 13.6. The number of hydrogen-bond acceptors (Lipinski definition) is 4. The minimum atomic E-state index is -1.02. The molecule has 3 atom stereocenters. The number of carboxylic acids is 1. The molecule has 1 rings (SSSR count). The van der Waals surface area contributed by atoms with Crippen molar-refractivity contribution in [1.82, 2.24) is 15.5 Å². The maximum atomic E-state index is 13.6. The van der Waals surface area contributed by atoms with E-state index in [0.29, 0.717) is 6.42 Å². The van der Waals surface area contributed by atoms with Gasteiger partial charge >= 0.3 is 5.97 Å². The van der Waals surface area contributed by atoms with Gasteiger partial charge in [0.05, 0.1) is 11.6 Å². The van der Waals surface area contributed by atoms with Gasteiger partial charge in [0.1, 0.15) is 6.04 Å². The van der Waals surface area contributed by atoms with E-state index in [4.69, 9.17) is 0 Å². The molecule has 3 N–H and O–H groups in total. The van der Waals surface area contributed by atoms with Crippen molar-refractivity contribution in [3.05, 3.63) is 47.5 Å². The maximum Gasteiger partial charge on any atom is 0.331 e. The van der Waals surface area contributed by atoms with Crippen LogP contribution in [0.5, 0.6) is 0 Å². The van der Waals surface area contributed by atoms with E-state index in [2.05, 4.69) is 10.6 Å². The molecule has 0 saturated heterocycles. The van der Waals surface area contributed by atoms with Crippen molar-refractivity contribution in [2.75, 3.05) is 14.1 Å². The first-order valence-corrected chi connectivity index (χ1v) is 11.4. The lowest BCUT2D eigenvalue weighted by molar-refractivity contribution is -0.141. The smallest absolute Gasteiger partial charge is 0.331 e. The van der Waals surface area contributed by atoms with E-state index >= 15 is 0 Å². The third-order valence-corrected chi connectivity index (χ3v) is 6.08. The first-order valence-electron chi connectivity index (χ1n) is 11.4. The fourth-order valence-corrected chi connectivity index (χ4v) is 3.65. The molecule has 0 heterocycles. The summed E-state index contributed by atoms with van der Waals surface area (Å²) in [7, 11) is 3.39. The Morgan fingerprint density at radius 2 is 1.64 bits per heavy atom. The number of carboxylic acid groups (broad SMARTS) is 1. The van der Waals surface area contributed by atoms with Crippen LogP contribution in [-0.2, 0) is 20.8 Å². The Morgan fingerprint density at radius 3 is 2.06 bits per heavy atom. The topological polar surface area (TPSA) is 98.7 Å². The van der Waals surface area contributed by atoms with Crippen molar-refractivity contribution in [2.45, 2.75) is 72.5 Å². The quantitative estimate of drug-likeness (QED) is 0.467. The molecule has 0 spiro atoms. The molecule has 2 amide bonds. The van der Waals surface area contributed by atoms with Crippen molar-refractivity contribution in [1.29, 1.82) is 0 Å². The second-order valence-corrected chi connectivity index (χ2v) is 10.4. The molecule has 0 aromatic heterocycles. The average Bonchev–Trinajstić information content (AvgIpc) is 2.73. The fourth-order valence-electron chi connectivity index (χ4n) is 3.65. The molecule has 0 radical (unpaired) electrons. The number of rotatable bonds is 10. The monoisotopic (exact) mass is 459 g/mol. The number of hydrogen-bond donors (Lipinski definition) is 3.